The molecule has 3 rings (SSSR count). The molecule has 0 radical (unpaired) electrons. The molecule has 1 aliphatic rings. The van der Waals surface area contributed by atoms with Crippen molar-refractivity contribution in [3.05, 3.63) is 52.2 Å². The summed E-state index contributed by atoms with van der Waals surface area (Å²) in [7, 11) is 0. The minimum absolute atomic E-state index is 0.343. The van der Waals surface area contributed by atoms with Gasteiger partial charge in [-0.05, 0) is 56.4 Å². The number of thiophene rings is 1. The largest absolute Gasteiger partial charge is 0.370 e. The summed E-state index contributed by atoms with van der Waals surface area (Å²) in [5.74, 6) is 0.481. The van der Waals surface area contributed by atoms with Gasteiger partial charge in [-0.3, -0.25) is 9.89 Å². The van der Waals surface area contributed by atoms with Crippen LogP contribution in [0.25, 0.3) is 0 Å². The van der Waals surface area contributed by atoms with Gasteiger partial charge in [-0.15, -0.1) is 11.3 Å². The van der Waals surface area contributed by atoms with Gasteiger partial charge in [0.2, 0.25) is 0 Å². The maximum Gasteiger partial charge on any atom is 0.193 e. The fourth-order valence-corrected chi connectivity index (χ4v) is 3.78. The predicted octanol–water partition coefficient (Wildman–Crippen LogP) is 3.62. The molecule has 2 aromatic rings. The van der Waals surface area contributed by atoms with E-state index in [-0.39, 0.29) is 0 Å². The second kappa shape index (κ2) is 7.62. The molecule has 0 saturated carbocycles. The first-order valence-corrected chi connectivity index (χ1v) is 9.01. The SMILES string of the molecule is Cc1ccc(NC(N)=NCC(c2cccs2)N2CCCC2)cc1. The summed E-state index contributed by atoms with van der Waals surface area (Å²) < 4.78 is 0. The highest BCUT2D eigenvalue weighted by Crippen LogP contribution is 2.28. The van der Waals surface area contributed by atoms with Gasteiger partial charge in [0, 0.05) is 10.6 Å². The Morgan fingerprint density at radius 2 is 2.00 bits per heavy atom. The third kappa shape index (κ3) is 4.33. The average molecular weight is 328 g/mol. The maximum atomic E-state index is 6.07. The lowest BCUT2D eigenvalue weighted by Gasteiger charge is -2.25. The lowest BCUT2D eigenvalue weighted by Crippen LogP contribution is -2.29. The van der Waals surface area contributed by atoms with E-state index < -0.39 is 0 Å². The standard InChI is InChI=1S/C18H24N4S/c1-14-6-8-15(9-7-14)21-18(19)20-13-16(17-5-4-12-23-17)22-10-2-3-11-22/h4-9,12,16H,2-3,10-11,13H2,1H3,(H3,19,20,21). The van der Waals surface area contributed by atoms with Crippen molar-refractivity contribution in [3.8, 4) is 0 Å². The zero-order valence-electron chi connectivity index (χ0n) is 13.5. The smallest absolute Gasteiger partial charge is 0.193 e. The predicted molar refractivity (Wildman–Crippen MR) is 99.2 cm³/mol. The maximum absolute atomic E-state index is 6.07. The second-order valence-electron chi connectivity index (χ2n) is 5.99. The van der Waals surface area contributed by atoms with Crippen LogP contribution in [0.1, 0.15) is 29.3 Å². The number of nitrogens with two attached hydrogens (primary N) is 1. The van der Waals surface area contributed by atoms with Crippen molar-refractivity contribution in [2.24, 2.45) is 10.7 Å². The van der Waals surface area contributed by atoms with Gasteiger partial charge >= 0.3 is 0 Å². The minimum atomic E-state index is 0.343. The first kappa shape index (κ1) is 16.0. The Morgan fingerprint density at radius 3 is 2.65 bits per heavy atom. The number of hydrogen-bond donors (Lipinski definition) is 2. The molecule has 1 aliphatic heterocycles. The quantitative estimate of drug-likeness (QED) is 0.651. The first-order chi connectivity index (χ1) is 11.2. The van der Waals surface area contributed by atoms with Crippen LogP contribution in [-0.2, 0) is 0 Å². The first-order valence-electron chi connectivity index (χ1n) is 8.13. The van der Waals surface area contributed by atoms with Gasteiger partial charge in [-0.1, -0.05) is 23.8 Å². The molecule has 0 bridgehead atoms. The molecule has 1 aromatic carbocycles. The number of likely N-dealkylation sites (tertiary alicyclic amines) is 1. The number of guanidine groups is 1. The van der Waals surface area contributed by atoms with Crippen molar-refractivity contribution >= 4 is 23.0 Å². The highest BCUT2D eigenvalue weighted by molar-refractivity contribution is 7.10. The van der Waals surface area contributed by atoms with E-state index in [2.05, 4.69) is 51.8 Å². The third-order valence-corrected chi connectivity index (χ3v) is 5.19. The molecule has 2 heterocycles. The molecule has 3 N–H and O–H groups in total. The van der Waals surface area contributed by atoms with E-state index in [9.17, 15) is 0 Å². The van der Waals surface area contributed by atoms with Gasteiger partial charge in [0.15, 0.2) is 5.96 Å². The van der Waals surface area contributed by atoms with Crippen LogP contribution in [0.15, 0.2) is 46.8 Å². The van der Waals surface area contributed by atoms with Crippen molar-refractivity contribution in [1.29, 1.82) is 0 Å². The van der Waals surface area contributed by atoms with E-state index in [1.165, 1.54) is 23.3 Å². The van der Waals surface area contributed by atoms with Gasteiger partial charge in [-0.25, -0.2) is 0 Å². The van der Waals surface area contributed by atoms with Crippen molar-refractivity contribution in [2.45, 2.75) is 25.8 Å². The van der Waals surface area contributed by atoms with Crippen LogP contribution in [0.2, 0.25) is 0 Å². The molecule has 0 amide bonds. The molecule has 4 nitrogen and oxygen atoms in total. The molecule has 1 fully saturated rings. The third-order valence-electron chi connectivity index (χ3n) is 4.21. The second-order valence-corrected chi connectivity index (χ2v) is 6.97. The summed E-state index contributed by atoms with van der Waals surface area (Å²) >= 11 is 1.80. The number of benzene rings is 1. The molecule has 122 valence electrons. The lowest BCUT2D eigenvalue weighted by molar-refractivity contribution is 0.255. The highest BCUT2D eigenvalue weighted by Gasteiger charge is 2.23. The number of rotatable bonds is 5. The van der Waals surface area contributed by atoms with Crippen LogP contribution in [0.4, 0.5) is 5.69 Å². The van der Waals surface area contributed by atoms with Crippen LogP contribution in [0.5, 0.6) is 0 Å². The molecule has 5 heteroatoms. The van der Waals surface area contributed by atoms with Crippen LogP contribution < -0.4 is 11.1 Å². The Kier molecular flexibility index (Phi) is 5.31. The molecule has 1 aromatic heterocycles. The van der Waals surface area contributed by atoms with E-state index in [1.807, 2.05) is 12.1 Å². The zero-order valence-corrected chi connectivity index (χ0v) is 14.4. The molecule has 23 heavy (non-hydrogen) atoms. The number of aryl methyl sites for hydroxylation is 1. The minimum Gasteiger partial charge on any atom is -0.370 e. The molecule has 0 aliphatic carbocycles. The van der Waals surface area contributed by atoms with E-state index in [0.717, 1.165) is 18.8 Å². The van der Waals surface area contributed by atoms with E-state index >= 15 is 0 Å². The fourth-order valence-electron chi connectivity index (χ4n) is 2.93. The van der Waals surface area contributed by atoms with Crippen LogP contribution in [-0.4, -0.2) is 30.5 Å². The molecule has 1 unspecified atom stereocenters. The summed E-state index contributed by atoms with van der Waals surface area (Å²) in [5.41, 5.74) is 8.28. The molecule has 1 saturated heterocycles. The van der Waals surface area contributed by atoms with Crippen molar-refractivity contribution in [2.75, 3.05) is 25.0 Å². The Morgan fingerprint density at radius 1 is 1.26 bits per heavy atom. The summed E-state index contributed by atoms with van der Waals surface area (Å²) in [6.45, 7) is 5.08. The van der Waals surface area contributed by atoms with Crippen molar-refractivity contribution in [3.63, 3.8) is 0 Å². The van der Waals surface area contributed by atoms with Gasteiger partial charge < -0.3 is 11.1 Å². The van der Waals surface area contributed by atoms with E-state index in [4.69, 9.17) is 5.73 Å². The van der Waals surface area contributed by atoms with Crippen LogP contribution >= 0.6 is 11.3 Å². The Hall–Kier alpha value is -1.85. The fraction of sp³-hybridized carbons (Fsp3) is 0.389. The number of anilines is 1. The number of nitrogens with one attached hydrogen (secondary N) is 1. The Bertz CT molecular complexity index is 628. The highest BCUT2D eigenvalue weighted by atomic mass is 32.1. The van der Waals surface area contributed by atoms with Gasteiger partial charge in [-0.2, -0.15) is 0 Å². The molecular weight excluding hydrogens is 304 g/mol. The van der Waals surface area contributed by atoms with Gasteiger partial charge in [0.25, 0.3) is 0 Å². The van der Waals surface area contributed by atoms with Crippen LogP contribution in [0, 0.1) is 6.92 Å². The number of aliphatic imine (C=N–C) groups is 1. The van der Waals surface area contributed by atoms with Crippen molar-refractivity contribution in [1.82, 2.24) is 4.90 Å². The van der Waals surface area contributed by atoms with Gasteiger partial charge in [0.1, 0.15) is 0 Å². The number of nitrogens with zero attached hydrogens (tertiary/aromatic N) is 2. The van der Waals surface area contributed by atoms with Crippen molar-refractivity contribution < 1.29 is 0 Å². The molecular formula is C18H24N4S. The Labute approximate surface area is 142 Å². The van der Waals surface area contributed by atoms with E-state index in [1.54, 1.807) is 11.3 Å². The van der Waals surface area contributed by atoms with E-state index in [0.29, 0.717) is 18.5 Å². The molecule has 1 atom stereocenters. The van der Waals surface area contributed by atoms with Gasteiger partial charge in [0.05, 0.1) is 12.6 Å². The summed E-state index contributed by atoms with van der Waals surface area (Å²) in [6.07, 6.45) is 2.56. The average Bonchev–Trinajstić information content (AvgIpc) is 3.24. The summed E-state index contributed by atoms with van der Waals surface area (Å²) in [5, 5.41) is 5.31. The number of hydrogen-bond acceptors (Lipinski definition) is 3. The Balaban J connectivity index is 1.66. The lowest BCUT2D eigenvalue weighted by atomic mass is 10.2. The molecule has 0 spiro atoms. The monoisotopic (exact) mass is 328 g/mol. The normalized spacial score (nSPS) is 17.3. The van der Waals surface area contributed by atoms with Crippen LogP contribution in [0.3, 0.4) is 0 Å². The topological polar surface area (TPSA) is 53.6 Å². The summed E-state index contributed by atoms with van der Waals surface area (Å²) in [4.78, 5) is 8.49. The zero-order chi connectivity index (χ0) is 16.1. The summed E-state index contributed by atoms with van der Waals surface area (Å²) in [6, 6.07) is 12.8.